The number of imide groups is 1. The zero-order valence-corrected chi connectivity index (χ0v) is 17.3. The monoisotopic (exact) mass is 404 g/mol. The van der Waals surface area contributed by atoms with Crippen LogP contribution in [-0.2, 0) is 14.4 Å². The Hall–Kier alpha value is -2.61. The minimum absolute atomic E-state index is 0.0431. The molecule has 2 aliphatic heterocycles. The number of carbonyl (C=O) groups is 3. The second-order valence-electron chi connectivity index (χ2n) is 8.66. The van der Waals surface area contributed by atoms with Crippen LogP contribution in [0.4, 0.5) is 0 Å². The van der Waals surface area contributed by atoms with E-state index in [2.05, 4.69) is 0 Å². The average Bonchev–Trinajstić information content (AvgIpc) is 3.09. The highest BCUT2D eigenvalue weighted by Gasteiger charge is 2.70. The molecule has 1 aromatic rings. The van der Waals surface area contributed by atoms with E-state index >= 15 is 0 Å². The maximum atomic E-state index is 13.2. The Morgan fingerprint density at radius 3 is 2.45 bits per heavy atom. The lowest BCUT2D eigenvalue weighted by atomic mass is 9.75. The second-order valence-corrected chi connectivity index (χ2v) is 8.66. The summed E-state index contributed by atoms with van der Waals surface area (Å²) in [6.07, 6.45) is 0.169. The van der Waals surface area contributed by atoms with Gasteiger partial charge < -0.3 is 25.1 Å². The number of methoxy groups -OCH3 is 1. The van der Waals surface area contributed by atoms with Crippen LogP contribution in [0.3, 0.4) is 0 Å². The minimum atomic E-state index is -1.59. The van der Waals surface area contributed by atoms with Crippen LogP contribution in [-0.4, -0.2) is 46.5 Å². The summed E-state index contributed by atoms with van der Waals surface area (Å²) >= 11 is 0. The Morgan fingerprint density at radius 1 is 1.28 bits per heavy atom. The summed E-state index contributed by atoms with van der Waals surface area (Å²) in [6, 6.07) is 3.74. The summed E-state index contributed by atoms with van der Waals surface area (Å²) in [5.74, 6) is -4.20. The predicted molar refractivity (Wildman–Crippen MR) is 100 cm³/mol. The normalized spacial score (nSPS) is 29.1. The highest BCUT2D eigenvalue weighted by Crippen LogP contribution is 2.48. The summed E-state index contributed by atoms with van der Waals surface area (Å²) in [5, 5.41) is 24.6. The van der Waals surface area contributed by atoms with E-state index in [-0.39, 0.29) is 23.8 Å². The second kappa shape index (κ2) is 7.33. The number of hydrogen-bond acceptors (Lipinski definition) is 6. The molecule has 158 valence electrons. The number of benzene rings is 1. The summed E-state index contributed by atoms with van der Waals surface area (Å²) in [4.78, 5) is 40.0. The number of carbonyl (C=O) groups excluding carboxylic acids is 3. The average molecular weight is 404 g/mol. The maximum Gasteiger partial charge on any atom is 0.240 e. The molecule has 8 nitrogen and oxygen atoms in total. The van der Waals surface area contributed by atoms with E-state index in [1.807, 2.05) is 13.8 Å². The van der Waals surface area contributed by atoms with Crippen LogP contribution in [0.5, 0.6) is 11.5 Å². The maximum absolute atomic E-state index is 13.2. The highest BCUT2D eigenvalue weighted by molar-refractivity contribution is 6.08. The summed E-state index contributed by atoms with van der Waals surface area (Å²) in [7, 11) is 1.41. The molecule has 2 saturated heterocycles. The van der Waals surface area contributed by atoms with Crippen molar-refractivity contribution in [3.63, 3.8) is 0 Å². The largest absolute Gasteiger partial charge is 0.544 e. The SMILES string of the molecule is COc1cccc([C@@H]2[NH2+][C@](CC(C)C)(C(=O)[O-])[C@@H]3C(=O)N(C(C)C)C(=O)[C@@H]32)c1O. The van der Waals surface area contributed by atoms with Crippen molar-refractivity contribution in [2.75, 3.05) is 7.11 Å². The van der Waals surface area contributed by atoms with E-state index in [1.165, 1.54) is 7.11 Å². The number of carboxylic acid groups (broad SMARTS) is 1. The van der Waals surface area contributed by atoms with E-state index in [4.69, 9.17) is 4.74 Å². The molecule has 0 spiro atoms. The summed E-state index contributed by atoms with van der Waals surface area (Å²) < 4.78 is 5.17. The molecular formula is C21H28N2O6. The number of amides is 2. The first-order valence-corrected chi connectivity index (χ1v) is 9.87. The number of aliphatic carboxylic acids is 1. The molecule has 3 N–H and O–H groups in total. The van der Waals surface area contributed by atoms with Crippen LogP contribution in [0, 0.1) is 17.8 Å². The van der Waals surface area contributed by atoms with E-state index in [0.717, 1.165) is 4.90 Å². The number of phenols is 1. The van der Waals surface area contributed by atoms with E-state index in [1.54, 1.807) is 37.4 Å². The van der Waals surface area contributed by atoms with Gasteiger partial charge in [-0.1, -0.05) is 19.9 Å². The fourth-order valence-corrected chi connectivity index (χ4v) is 5.06. The van der Waals surface area contributed by atoms with Crippen molar-refractivity contribution >= 4 is 17.8 Å². The number of para-hydroxylation sites is 1. The van der Waals surface area contributed by atoms with Crippen LogP contribution >= 0.6 is 0 Å². The molecule has 1 aromatic carbocycles. The van der Waals surface area contributed by atoms with E-state index in [9.17, 15) is 24.6 Å². The topological polar surface area (TPSA) is 124 Å². The molecule has 0 aromatic heterocycles. The first-order valence-electron chi connectivity index (χ1n) is 9.87. The Morgan fingerprint density at radius 2 is 1.93 bits per heavy atom. The predicted octanol–water partition coefficient (Wildman–Crippen LogP) is -0.437. The van der Waals surface area contributed by atoms with Gasteiger partial charge in [-0.15, -0.1) is 0 Å². The Balaban J connectivity index is 2.21. The Bertz CT molecular complexity index is 852. The number of quaternary nitrogens is 1. The zero-order chi connectivity index (χ0) is 21.7. The fraction of sp³-hybridized carbons (Fsp3) is 0.571. The molecular weight excluding hydrogens is 376 g/mol. The van der Waals surface area contributed by atoms with Crippen molar-refractivity contribution in [2.45, 2.75) is 51.7 Å². The molecule has 8 heteroatoms. The van der Waals surface area contributed by atoms with Crippen molar-refractivity contribution in [3.05, 3.63) is 23.8 Å². The van der Waals surface area contributed by atoms with Gasteiger partial charge in [0, 0.05) is 12.5 Å². The van der Waals surface area contributed by atoms with E-state index < -0.39 is 47.2 Å². The third-order valence-corrected chi connectivity index (χ3v) is 6.06. The van der Waals surface area contributed by atoms with Crippen molar-refractivity contribution in [2.24, 2.45) is 17.8 Å². The van der Waals surface area contributed by atoms with Crippen molar-refractivity contribution in [3.8, 4) is 11.5 Å². The van der Waals surface area contributed by atoms with Gasteiger partial charge >= 0.3 is 0 Å². The molecule has 2 heterocycles. The van der Waals surface area contributed by atoms with Crippen molar-refractivity contribution in [1.29, 1.82) is 0 Å². The van der Waals surface area contributed by atoms with Gasteiger partial charge in [0.1, 0.15) is 29.4 Å². The number of rotatable bonds is 6. The van der Waals surface area contributed by atoms with Crippen LogP contribution in [0.25, 0.3) is 0 Å². The third kappa shape index (κ3) is 3.06. The van der Waals surface area contributed by atoms with Crippen LogP contribution in [0.1, 0.15) is 45.7 Å². The molecule has 2 aliphatic rings. The molecule has 0 unspecified atom stereocenters. The number of likely N-dealkylation sites (tertiary alicyclic amines) is 1. The molecule has 0 aliphatic carbocycles. The highest BCUT2D eigenvalue weighted by atomic mass is 16.5. The van der Waals surface area contributed by atoms with Crippen molar-refractivity contribution in [1.82, 2.24) is 4.90 Å². The molecule has 2 fully saturated rings. The van der Waals surface area contributed by atoms with Gasteiger partial charge in [0.25, 0.3) is 0 Å². The first-order chi connectivity index (χ1) is 13.6. The van der Waals surface area contributed by atoms with E-state index in [0.29, 0.717) is 5.56 Å². The van der Waals surface area contributed by atoms with Gasteiger partial charge in [-0.25, -0.2) is 0 Å². The number of fused-ring (bicyclic) bond motifs is 1. The zero-order valence-electron chi connectivity index (χ0n) is 17.3. The van der Waals surface area contributed by atoms with Crippen LogP contribution in [0.15, 0.2) is 18.2 Å². The fourth-order valence-electron chi connectivity index (χ4n) is 5.06. The Kier molecular flexibility index (Phi) is 5.34. The van der Waals surface area contributed by atoms with Gasteiger partial charge in [-0.2, -0.15) is 0 Å². The molecule has 3 rings (SSSR count). The molecule has 0 radical (unpaired) electrons. The van der Waals surface area contributed by atoms with Gasteiger partial charge in [0.05, 0.1) is 12.7 Å². The number of nitrogens with zero attached hydrogens (tertiary/aromatic N) is 1. The lowest BCUT2D eigenvalue weighted by Gasteiger charge is -2.34. The summed E-state index contributed by atoms with van der Waals surface area (Å²) in [6.45, 7) is 7.18. The van der Waals surface area contributed by atoms with Gasteiger partial charge in [0.15, 0.2) is 11.5 Å². The summed E-state index contributed by atoms with van der Waals surface area (Å²) in [5.41, 5.74) is -1.21. The lowest BCUT2D eigenvalue weighted by molar-refractivity contribution is -0.740. The number of phenolic OH excluding ortho intramolecular Hbond substituents is 1. The van der Waals surface area contributed by atoms with Gasteiger partial charge in [-0.3, -0.25) is 14.5 Å². The molecule has 2 amide bonds. The molecule has 0 bridgehead atoms. The van der Waals surface area contributed by atoms with Gasteiger partial charge in [-0.05, 0) is 31.9 Å². The number of aromatic hydroxyl groups is 1. The number of nitrogens with two attached hydrogens (primary N) is 1. The third-order valence-electron chi connectivity index (χ3n) is 6.06. The first kappa shape index (κ1) is 21.1. The quantitative estimate of drug-likeness (QED) is 0.620. The smallest absolute Gasteiger partial charge is 0.240 e. The molecule has 4 atom stereocenters. The Labute approximate surface area is 169 Å². The number of hydrogen-bond donors (Lipinski definition) is 2. The van der Waals surface area contributed by atoms with Crippen molar-refractivity contribution < 1.29 is 34.7 Å². The minimum Gasteiger partial charge on any atom is -0.544 e. The molecule has 29 heavy (non-hydrogen) atoms. The number of ether oxygens (including phenoxy) is 1. The standard InChI is InChI=1S/C21H28N2O6/c1-10(2)9-21(20(27)28)15-14(18(25)23(11(3)4)19(15)26)16(22-21)12-7-6-8-13(29-5)17(12)24/h6-8,10-11,14-16,22,24H,9H2,1-5H3,(H,27,28)/t14-,15-,16-,21-/m0/s1. The number of carboxylic acids is 1. The van der Waals surface area contributed by atoms with Gasteiger partial charge in [0.2, 0.25) is 11.8 Å². The molecule has 0 saturated carbocycles. The van der Waals surface area contributed by atoms with Crippen LogP contribution in [0.2, 0.25) is 0 Å². The van der Waals surface area contributed by atoms with Crippen LogP contribution < -0.4 is 15.2 Å². The lowest BCUT2D eigenvalue weighted by Crippen LogP contribution is -2.99.